The Balaban J connectivity index is 2.95. The molecule has 0 fully saturated rings. The minimum absolute atomic E-state index is 0.0545. The number of carboxylic acid groups (broad SMARTS) is 1. The van der Waals surface area contributed by atoms with Crippen molar-refractivity contribution in [2.24, 2.45) is 5.41 Å². The zero-order valence-electron chi connectivity index (χ0n) is 11.0. The van der Waals surface area contributed by atoms with Gasteiger partial charge in [0.15, 0.2) is 0 Å². The second-order valence-corrected chi connectivity index (χ2v) is 5.27. The molecule has 0 saturated heterocycles. The number of carboxylic acids is 1. The third kappa shape index (κ3) is 3.29. The Bertz CT molecular complexity index is 464. The predicted molar refractivity (Wildman–Crippen MR) is 67.6 cm³/mol. The van der Waals surface area contributed by atoms with E-state index < -0.39 is 11.9 Å². The van der Waals surface area contributed by atoms with E-state index in [0.717, 1.165) is 0 Å². The number of rotatable bonds is 3. The number of hydrogen-bond donors (Lipinski definition) is 2. The molecule has 5 heteroatoms. The topological polar surface area (TPSA) is 79.3 Å². The number of pyridine rings is 1. The van der Waals surface area contributed by atoms with Gasteiger partial charge in [-0.25, -0.2) is 4.79 Å². The molecule has 1 atom stereocenters. The van der Waals surface area contributed by atoms with Crippen LogP contribution in [0.25, 0.3) is 0 Å². The molecule has 1 amide bonds. The molecule has 1 unspecified atom stereocenters. The molecule has 1 rings (SSSR count). The Morgan fingerprint density at radius 2 is 2.00 bits per heavy atom. The van der Waals surface area contributed by atoms with Crippen LogP contribution in [0, 0.1) is 5.41 Å². The number of nitrogens with zero attached hydrogens (tertiary/aromatic N) is 1. The molecule has 0 aromatic carbocycles. The number of amides is 1. The number of aromatic nitrogens is 1. The maximum absolute atomic E-state index is 12.0. The summed E-state index contributed by atoms with van der Waals surface area (Å²) < 4.78 is 0. The second kappa shape index (κ2) is 5.16. The van der Waals surface area contributed by atoms with Gasteiger partial charge in [-0.05, 0) is 24.5 Å². The van der Waals surface area contributed by atoms with Crippen LogP contribution in [-0.4, -0.2) is 28.0 Å². The Hall–Kier alpha value is -1.91. The highest BCUT2D eigenvalue weighted by molar-refractivity contribution is 6.03. The van der Waals surface area contributed by atoms with Gasteiger partial charge in [0.25, 0.3) is 5.91 Å². The standard InChI is InChI=1S/C13H18N2O3/c1-8(13(2,3)4)15-11(16)10-9(12(17)18)6-5-7-14-10/h5-8H,1-4H3,(H,15,16)(H,17,18). The van der Waals surface area contributed by atoms with Crippen LogP contribution in [0.2, 0.25) is 0 Å². The third-order valence-corrected chi connectivity index (χ3v) is 2.90. The SMILES string of the molecule is CC(NC(=O)c1ncccc1C(=O)O)C(C)(C)C. The highest BCUT2D eigenvalue weighted by Gasteiger charge is 2.24. The van der Waals surface area contributed by atoms with Gasteiger partial charge in [-0.1, -0.05) is 20.8 Å². The molecule has 0 bridgehead atoms. The maximum Gasteiger partial charge on any atom is 0.338 e. The molecular weight excluding hydrogens is 232 g/mol. The number of aromatic carboxylic acids is 1. The second-order valence-electron chi connectivity index (χ2n) is 5.27. The highest BCUT2D eigenvalue weighted by atomic mass is 16.4. The van der Waals surface area contributed by atoms with Crippen molar-refractivity contribution in [2.75, 3.05) is 0 Å². The minimum atomic E-state index is -1.16. The van der Waals surface area contributed by atoms with Crippen LogP contribution < -0.4 is 5.32 Å². The van der Waals surface area contributed by atoms with Gasteiger partial charge in [-0.15, -0.1) is 0 Å². The van der Waals surface area contributed by atoms with Gasteiger partial charge >= 0.3 is 5.97 Å². The molecule has 1 aromatic heterocycles. The van der Waals surface area contributed by atoms with Gasteiger partial charge in [0.1, 0.15) is 5.69 Å². The van der Waals surface area contributed by atoms with E-state index in [1.165, 1.54) is 18.3 Å². The molecule has 5 nitrogen and oxygen atoms in total. The normalized spacial score (nSPS) is 12.9. The van der Waals surface area contributed by atoms with Crippen molar-refractivity contribution in [1.82, 2.24) is 10.3 Å². The predicted octanol–water partition coefficient (Wildman–Crippen LogP) is 1.94. The lowest BCUT2D eigenvalue weighted by Gasteiger charge is -2.28. The summed E-state index contributed by atoms with van der Waals surface area (Å²) in [5.41, 5.74) is -0.245. The molecule has 0 aliphatic carbocycles. The van der Waals surface area contributed by atoms with E-state index in [1.54, 1.807) is 0 Å². The van der Waals surface area contributed by atoms with Crippen molar-refractivity contribution in [1.29, 1.82) is 0 Å². The van der Waals surface area contributed by atoms with Crippen LogP contribution in [-0.2, 0) is 0 Å². The summed E-state index contributed by atoms with van der Waals surface area (Å²) in [7, 11) is 0. The van der Waals surface area contributed by atoms with Crippen molar-refractivity contribution in [3.8, 4) is 0 Å². The Kier molecular flexibility index (Phi) is 4.06. The number of hydrogen-bond acceptors (Lipinski definition) is 3. The summed E-state index contributed by atoms with van der Waals surface area (Å²) in [5.74, 6) is -1.62. The maximum atomic E-state index is 12.0. The van der Waals surface area contributed by atoms with Gasteiger partial charge < -0.3 is 10.4 Å². The zero-order chi connectivity index (χ0) is 13.9. The van der Waals surface area contributed by atoms with Crippen LogP contribution >= 0.6 is 0 Å². The van der Waals surface area contributed by atoms with Crippen LogP contribution in [0.1, 0.15) is 48.5 Å². The Morgan fingerprint density at radius 3 is 2.50 bits per heavy atom. The lowest BCUT2D eigenvalue weighted by molar-refractivity contribution is 0.0688. The van der Waals surface area contributed by atoms with Gasteiger partial charge in [-0.2, -0.15) is 0 Å². The number of carbonyl (C=O) groups excluding carboxylic acids is 1. The third-order valence-electron chi connectivity index (χ3n) is 2.90. The zero-order valence-corrected chi connectivity index (χ0v) is 11.0. The summed E-state index contributed by atoms with van der Waals surface area (Å²) in [6.45, 7) is 7.86. The van der Waals surface area contributed by atoms with E-state index in [-0.39, 0.29) is 22.7 Å². The molecule has 1 heterocycles. The van der Waals surface area contributed by atoms with E-state index in [9.17, 15) is 9.59 Å². The summed E-state index contributed by atoms with van der Waals surface area (Å²) in [6.07, 6.45) is 1.41. The van der Waals surface area contributed by atoms with Crippen molar-refractivity contribution in [3.63, 3.8) is 0 Å². The number of nitrogens with one attached hydrogen (secondary N) is 1. The van der Waals surface area contributed by atoms with Gasteiger partial charge in [-0.3, -0.25) is 9.78 Å². The smallest absolute Gasteiger partial charge is 0.338 e. The summed E-state index contributed by atoms with van der Waals surface area (Å²) in [6, 6.07) is 2.77. The average molecular weight is 250 g/mol. The number of carbonyl (C=O) groups is 2. The molecule has 98 valence electrons. The van der Waals surface area contributed by atoms with Gasteiger partial charge in [0, 0.05) is 12.2 Å². The largest absolute Gasteiger partial charge is 0.478 e. The van der Waals surface area contributed by atoms with E-state index >= 15 is 0 Å². The fourth-order valence-corrected chi connectivity index (χ4v) is 1.24. The van der Waals surface area contributed by atoms with Crippen molar-refractivity contribution >= 4 is 11.9 Å². The monoisotopic (exact) mass is 250 g/mol. The van der Waals surface area contributed by atoms with E-state index in [4.69, 9.17) is 5.11 Å². The fraction of sp³-hybridized carbons (Fsp3) is 0.462. The van der Waals surface area contributed by atoms with Crippen LogP contribution in [0.3, 0.4) is 0 Å². The van der Waals surface area contributed by atoms with Crippen molar-refractivity contribution in [3.05, 3.63) is 29.6 Å². The van der Waals surface area contributed by atoms with Crippen LogP contribution in [0.5, 0.6) is 0 Å². The Labute approximate surface area is 106 Å². The molecular formula is C13H18N2O3. The summed E-state index contributed by atoms with van der Waals surface area (Å²) >= 11 is 0. The van der Waals surface area contributed by atoms with E-state index in [2.05, 4.69) is 10.3 Å². The van der Waals surface area contributed by atoms with E-state index in [1.807, 2.05) is 27.7 Å². The molecule has 18 heavy (non-hydrogen) atoms. The molecule has 2 N–H and O–H groups in total. The van der Waals surface area contributed by atoms with Gasteiger partial charge in [0.2, 0.25) is 0 Å². The summed E-state index contributed by atoms with van der Waals surface area (Å²) in [4.78, 5) is 26.8. The first-order valence-corrected chi connectivity index (χ1v) is 5.72. The van der Waals surface area contributed by atoms with Crippen molar-refractivity contribution < 1.29 is 14.7 Å². The lowest BCUT2D eigenvalue weighted by Crippen LogP contribution is -2.42. The highest BCUT2D eigenvalue weighted by Crippen LogP contribution is 2.19. The first kappa shape index (κ1) is 14.2. The fourth-order valence-electron chi connectivity index (χ4n) is 1.24. The quantitative estimate of drug-likeness (QED) is 0.859. The first-order valence-electron chi connectivity index (χ1n) is 5.72. The van der Waals surface area contributed by atoms with E-state index in [0.29, 0.717) is 0 Å². The van der Waals surface area contributed by atoms with Crippen LogP contribution in [0.15, 0.2) is 18.3 Å². The molecule has 1 aromatic rings. The molecule has 0 spiro atoms. The summed E-state index contributed by atoms with van der Waals surface area (Å²) in [5, 5.41) is 11.8. The molecule has 0 radical (unpaired) electrons. The van der Waals surface area contributed by atoms with Crippen LogP contribution in [0.4, 0.5) is 0 Å². The average Bonchev–Trinajstić information content (AvgIpc) is 2.27. The first-order chi connectivity index (χ1) is 8.23. The Morgan fingerprint density at radius 1 is 1.39 bits per heavy atom. The minimum Gasteiger partial charge on any atom is -0.478 e. The van der Waals surface area contributed by atoms with Crippen molar-refractivity contribution in [2.45, 2.75) is 33.7 Å². The molecule has 0 aliphatic rings. The molecule has 0 saturated carbocycles. The lowest BCUT2D eigenvalue weighted by atomic mass is 9.88. The van der Waals surface area contributed by atoms with Gasteiger partial charge in [0.05, 0.1) is 5.56 Å². The molecule has 0 aliphatic heterocycles.